The van der Waals surface area contributed by atoms with Crippen LogP contribution >= 0.6 is 0 Å². The Morgan fingerprint density at radius 1 is 1.53 bits per heavy atom. The van der Waals surface area contributed by atoms with Crippen molar-refractivity contribution in [3.8, 4) is 0 Å². The van der Waals surface area contributed by atoms with E-state index in [4.69, 9.17) is 4.74 Å². The van der Waals surface area contributed by atoms with E-state index in [0.29, 0.717) is 24.5 Å². The minimum Gasteiger partial charge on any atom is -0.462 e. The lowest BCUT2D eigenvalue weighted by Gasteiger charge is -2.09. The number of pyridine rings is 1. The van der Waals surface area contributed by atoms with Gasteiger partial charge in [-0.15, -0.1) is 0 Å². The summed E-state index contributed by atoms with van der Waals surface area (Å²) in [5.41, 5.74) is 0.440. The molecule has 0 aromatic carbocycles. The second-order valence-electron chi connectivity index (χ2n) is 4.18. The Morgan fingerprint density at radius 3 is 2.79 bits per heavy atom. The van der Waals surface area contributed by atoms with E-state index in [1.165, 1.54) is 6.20 Å². The van der Waals surface area contributed by atoms with Crippen LogP contribution in [0.5, 0.6) is 0 Å². The molecule has 0 saturated heterocycles. The third-order valence-corrected chi connectivity index (χ3v) is 4.07. The molecule has 1 N–H and O–H groups in total. The fraction of sp³-hybridized carbons (Fsp3) is 0.538. The molecule has 2 atom stereocenters. The molecule has 0 aliphatic heterocycles. The Kier molecular flexibility index (Phi) is 6.49. The molecule has 2 unspecified atom stereocenters. The van der Waals surface area contributed by atoms with E-state index in [2.05, 4.69) is 10.3 Å². The molecule has 19 heavy (non-hydrogen) atoms. The smallest absolute Gasteiger partial charge is 0.339 e. The van der Waals surface area contributed by atoms with Crippen LogP contribution in [-0.4, -0.2) is 39.8 Å². The van der Waals surface area contributed by atoms with Crippen LogP contribution in [0.25, 0.3) is 0 Å². The second-order valence-corrected chi connectivity index (χ2v) is 5.98. The van der Waals surface area contributed by atoms with Crippen molar-refractivity contribution < 1.29 is 13.7 Å². The average molecular weight is 284 g/mol. The lowest BCUT2D eigenvalue weighted by molar-refractivity contribution is 0.0526. The highest BCUT2D eigenvalue weighted by Crippen LogP contribution is 2.07. The number of carbonyl (C=O) groups excluding carboxylic acids is 1. The number of hydrogen-bond acceptors (Lipinski definition) is 5. The molecule has 0 bridgehead atoms. The highest BCUT2D eigenvalue weighted by Gasteiger charge is 2.07. The molecule has 0 radical (unpaired) electrons. The highest BCUT2D eigenvalue weighted by molar-refractivity contribution is 7.84. The molecule has 1 aromatic heterocycles. The zero-order chi connectivity index (χ0) is 14.3. The Hall–Kier alpha value is -1.43. The van der Waals surface area contributed by atoms with E-state index in [0.717, 1.165) is 6.42 Å². The number of carbonyl (C=O) groups is 1. The van der Waals surface area contributed by atoms with E-state index in [1.807, 2.05) is 6.92 Å². The molecule has 0 aliphatic rings. The predicted octanol–water partition coefficient (Wildman–Crippen LogP) is 1.83. The summed E-state index contributed by atoms with van der Waals surface area (Å²) in [5.74, 6) is 0.332. The van der Waals surface area contributed by atoms with Gasteiger partial charge in [-0.2, -0.15) is 0 Å². The van der Waals surface area contributed by atoms with Crippen LogP contribution in [0, 0.1) is 0 Å². The highest BCUT2D eigenvalue weighted by atomic mass is 32.2. The molecule has 0 saturated carbocycles. The van der Waals surface area contributed by atoms with E-state index in [-0.39, 0.29) is 11.2 Å². The first-order valence-corrected chi connectivity index (χ1v) is 7.86. The first-order chi connectivity index (χ1) is 9.04. The van der Waals surface area contributed by atoms with Crippen LogP contribution in [0.1, 0.15) is 30.6 Å². The van der Waals surface area contributed by atoms with Gasteiger partial charge < -0.3 is 10.1 Å². The average Bonchev–Trinajstić information content (AvgIpc) is 2.39. The molecule has 6 heteroatoms. The summed E-state index contributed by atoms with van der Waals surface area (Å²) in [7, 11) is -0.802. The third kappa shape index (κ3) is 5.38. The summed E-state index contributed by atoms with van der Waals surface area (Å²) >= 11 is 0. The van der Waals surface area contributed by atoms with Gasteiger partial charge in [-0.1, -0.05) is 6.92 Å². The van der Waals surface area contributed by atoms with Gasteiger partial charge in [0.05, 0.1) is 12.2 Å². The van der Waals surface area contributed by atoms with Crippen molar-refractivity contribution in [2.24, 2.45) is 0 Å². The van der Waals surface area contributed by atoms with Crippen LogP contribution in [0.3, 0.4) is 0 Å². The lowest BCUT2D eigenvalue weighted by Crippen LogP contribution is -2.15. The Bertz CT molecular complexity index is 434. The van der Waals surface area contributed by atoms with Crippen molar-refractivity contribution in [2.75, 3.05) is 24.7 Å². The maximum absolute atomic E-state index is 11.4. The predicted molar refractivity (Wildman–Crippen MR) is 76.8 cm³/mol. The zero-order valence-corrected chi connectivity index (χ0v) is 12.3. The van der Waals surface area contributed by atoms with Crippen molar-refractivity contribution in [3.63, 3.8) is 0 Å². The van der Waals surface area contributed by atoms with Gasteiger partial charge in [0.1, 0.15) is 5.82 Å². The maximum atomic E-state index is 11.4. The van der Waals surface area contributed by atoms with E-state index in [9.17, 15) is 9.00 Å². The largest absolute Gasteiger partial charge is 0.462 e. The number of aromatic nitrogens is 1. The fourth-order valence-electron chi connectivity index (χ4n) is 1.40. The molecule has 0 fully saturated rings. The third-order valence-electron chi connectivity index (χ3n) is 2.70. The number of esters is 1. The molecule has 106 valence electrons. The van der Waals surface area contributed by atoms with Gasteiger partial charge in [0.25, 0.3) is 0 Å². The Balaban J connectivity index is 2.44. The van der Waals surface area contributed by atoms with Gasteiger partial charge in [-0.05, 0) is 25.5 Å². The maximum Gasteiger partial charge on any atom is 0.339 e. The summed E-state index contributed by atoms with van der Waals surface area (Å²) in [6.45, 7) is 4.77. The Morgan fingerprint density at radius 2 is 2.26 bits per heavy atom. The normalized spacial score (nSPS) is 13.6. The van der Waals surface area contributed by atoms with Gasteiger partial charge in [0, 0.05) is 35.0 Å². The number of ether oxygens (including phenoxy) is 1. The summed E-state index contributed by atoms with van der Waals surface area (Å²) in [6.07, 6.45) is 4.00. The minimum absolute atomic E-state index is 0.159. The van der Waals surface area contributed by atoms with Crippen LogP contribution in [0.2, 0.25) is 0 Å². The lowest BCUT2D eigenvalue weighted by atomic mass is 10.3. The molecule has 0 amide bonds. The van der Waals surface area contributed by atoms with Crippen LogP contribution in [0.4, 0.5) is 5.82 Å². The number of nitrogens with zero attached hydrogens (tertiary/aromatic N) is 1. The first kappa shape index (κ1) is 15.6. The van der Waals surface area contributed by atoms with Gasteiger partial charge in [0.15, 0.2) is 0 Å². The van der Waals surface area contributed by atoms with Gasteiger partial charge in [0.2, 0.25) is 0 Å². The summed E-state index contributed by atoms with van der Waals surface area (Å²) in [6, 6.07) is 3.41. The van der Waals surface area contributed by atoms with Crippen molar-refractivity contribution in [2.45, 2.75) is 25.5 Å². The monoisotopic (exact) mass is 284 g/mol. The quantitative estimate of drug-likeness (QED) is 0.774. The minimum atomic E-state index is -0.802. The molecule has 1 heterocycles. The molecule has 5 nitrogen and oxygen atoms in total. The Labute approximate surface area is 116 Å². The van der Waals surface area contributed by atoms with Crippen LogP contribution in [-0.2, 0) is 15.5 Å². The fourth-order valence-corrected chi connectivity index (χ4v) is 1.85. The summed E-state index contributed by atoms with van der Waals surface area (Å²) in [5, 5.41) is 3.29. The zero-order valence-electron chi connectivity index (χ0n) is 11.5. The molecule has 0 aliphatic carbocycles. The van der Waals surface area contributed by atoms with Crippen molar-refractivity contribution >= 4 is 22.6 Å². The van der Waals surface area contributed by atoms with Gasteiger partial charge >= 0.3 is 5.97 Å². The van der Waals surface area contributed by atoms with E-state index >= 15 is 0 Å². The number of rotatable bonds is 7. The molecule has 1 rings (SSSR count). The van der Waals surface area contributed by atoms with Crippen molar-refractivity contribution in [3.05, 3.63) is 23.9 Å². The van der Waals surface area contributed by atoms with Crippen LogP contribution in [0.15, 0.2) is 18.3 Å². The van der Waals surface area contributed by atoms with E-state index < -0.39 is 10.8 Å². The topological polar surface area (TPSA) is 68.3 Å². The van der Waals surface area contributed by atoms with Crippen molar-refractivity contribution in [1.29, 1.82) is 0 Å². The molecule has 1 aromatic rings. The number of hydrogen-bond donors (Lipinski definition) is 1. The SMILES string of the molecule is CCOC(=O)c1ccc(NCCC(C)S(C)=O)nc1. The van der Waals surface area contributed by atoms with E-state index in [1.54, 1.807) is 25.3 Å². The first-order valence-electron chi connectivity index (χ1n) is 6.23. The number of nitrogens with one attached hydrogen (secondary N) is 1. The van der Waals surface area contributed by atoms with Gasteiger partial charge in [-0.25, -0.2) is 9.78 Å². The molecule has 0 spiro atoms. The standard InChI is InChI=1S/C13H20N2O3S/c1-4-18-13(16)11-5-6-12(15-9-11)14-8-7-10(2)19(3)17/h5-6,9-10H,4,7-8H2,1-3H3,(H,14,15). The summed E-state index contributed by atoms with van der Waals surface area (Å²) < 4.78 is 16.1. The van der Waals surface area contributed by atoms with Crippen LogP contribution < -0.4 is 5.32 Å². The van der Waals surface area contributed by atoms with Crippen molar-refractivity contribution in [1.82, 2.24) is 4.98 Å². The van der Waals surface area contributed by atoms with Gasteiger partial charge in [-0.3, -0.25) is 4.21 Å². The number of anilines is 1. The summed E-state index contributed by atoms with van der Waals surface area (Å²) in [4.78, 5) is 15.6. The molecular formula is C13H20N2O3S. The molecular weight excluding hydrogens is 264 g/mol. The second kappa shape index (κ2) is 7.89.